The SMILES string of the molecule is CS/C=C(\NC(=O)OC(C)(C)C)C(=O)N1CCC=C1C(=O)OCc1ccccc1. The van der Waals surface area contributed by atoms with E-state index in [-0.39, 0.29) is 18.0 Å². The van der Waals surface area contributed by atoms with Crippen LogP contribution < -0.4 is 5.32 Å². The maximum absolute atomic E-state index is 13.0. The summed E-state index contributed by atoms with van der Waals surface area (Å²) in [6, 6.07) is 9.29. The van der Waals surface area contributed by atoms with Gasteiger partial charge in [-0.05, 0) is 44.4 Å². The Bertz CT molecular complexity index is 812. The van der Waals surface area contributed by atoms with Crippen molar-refractivity contribution >= 4 is 29.7 Å². The molecule has 1 aliphatic heterocycles. The third kappa shape index (κ3) is 6.98. The van der Waals surface area contributed by atoms with Crippen molar-refractivity contribution in [1.29, 1.82) is 0 Å². The lowest BCUT2D eigenvalue weighted by atomic mass is 10.2. The zero-order valence-electron chi connectivity index (χ0n) is 17.1. The summed E-state index contributed by atoms with van der Waals surface area (Å²) in [4.78, 5) is 38.8. The number of carbonyl (C=O) groups is 3. The summed E-state index contributed by atoms with van der Waals surface area (Å²) in [5, 5.41) is 3.99. The van der Waals surface area contributed by atoms with Crippen LogP contribution in [0, 0.1) is 0 Å². The molecule has 156 valence electrons. The fourth-order valence-electron chi connectivity index (χ4n) is 2.57. The molecule has 1 aromatic rings. The minimum Gasteiger partial charge on any atom is -0.456 e. The van der Waals surface area contributed by atoms with Gasteiger partial charge in [-0.3, -0.25) is 10.1 Å². The van der Waals surface area contributed by atoms with Crippen LogP contribution in [0.5, 0.6) is 0 Å². The standard InChI is InChI=1S/C21H26N2O5S/c1-21(2,3)28-20(26)22-16(14-29-4)18(24)23-12-8-11-17(23)19(25)27-13-15-9-6-5-7-10-15/h5-7,9-11,14H,8,12-13H2,1-4H3,(H,22,26)/b16-14-. The molecule has 0 unspecified atom stereocenters. The molecule has 1 N–H and O–H groups in total. The van der Waals surface area contributed by atoms with Crippen molar-refractivity contribution in [3.05, 3.63) is 58.8 Å². The molecule has 8 heteroatoms. The van der Waals surface area contributed by atoms with Gasteiger partial charge in [0.15, 0.2) is 0 Å². The Morgan fingerprint density at radius 2 is 1.90 bits per heavy atom. The third-order valence-corrected chi connectivity index (χ3v) is 4.22. The molecular formula is C21H26N2O5S. The Morgan fingerprint density at radius 3 is 2.52 bits per heavy atom. The van der Waals surface area contributed by atoms with Crippen LogP contribution in [0.3, 0.4) is 0 Å². The molecule has 0 bridgehead atoms. The smallest absolute Gasteiger partial charge is 0.412 e. The second-order valence-electron chi connectivity index (χ2n) is 7.29. The van der Waals surface area contributed by atoms with Crippen molar-refractivity contribution < 1.29 is 23.9 Å². The molecule has 7 nitrogen and oxygen atoms in total. The summed E-state index contributed by atoms with van der Waals surface area (Å²) in [6.45, 7) is 5.64. The minimum absolute atomic E-state index is 0.0374. The lowest BCUT2D eigenvalue weighted by Crippen LogP contribution is -2.40. The van der Waals surface area contributed by atoms with E-state index >= 15 is 0 Å². The van der Waals surface area contributed by atoms with E-state index in [1.54, 1.807) is 33.1 Å². The Balaban J connectivity index is 2.04. The summed E-state index contributed by atoms with van der Waals surface area (Å²) in [5.74, 6) is -1.08. The predicted molar refractivity (Wildman–Crippen MR) is 112 cm³/mol. The topological polar surface area (TPSA) is 84.9 Å². The normalized spacial score (nSPS) is 14.3. The van der Waals surface area contributed by atoms with E-state index in [2.05, 4.69) is 5.32 Å². The number of nitrogens with one attached hydrogen (secondary N) is 1. The molecule has 1 heterocycles. The molecular weight excluding hydrogens is 392 g/mol. The van der Waals surface area contributed by atoms with Gasteiger partial charge in [-0.25, -0.2) is 9.59 Å². The number of benzene rings is 1. The minimum atomic E-state index is -0.734. The number of rotatable bonds is 6. The van der Waals surface area contributed by atoms with Crippen molar-refractivity contribution in [3.63, 3.8) is 0 Å². The fraction of sp³-hybridized carbons (Fsp3) is 0.381. The molecule has 0 aromatic heterocycles. The highest BCUT2D eigenvalue weighted by Crippen LogP contribution is 2.20. The molecule has 2 rings (SSSR count). The van der Waals surface area contributed by atoms with E-state index in [0.29, 0.717) is 13.0 Å². The van der Waals surface area contributed by atoms with Crippen LogP contribution in [-0.4, -0.2) is 41.3 Å². The number of hydrogen-bond donors (Lipinski definition) is 1. The monoisotopic (exact) mass is 418 g/mol. The highest BCUT2D eigenvalue weighted by molar-refractivity contribution is 8.01. The maximum Gasteiger partial charge on any atom is 0.412 e. The first kappa shape index (κ1) is 22.5. The van der Waals surface area contributed by atoms with E-state index in [0.717, 1.165) is 5.56 Å². The largest absolute Gasteiger partial charge is 0.456 e. The van der Waals surface area contributed by atoms with Gasteiger partial charge in [0.1, 0.15) is 23.6 Å². The average molecular weight is 419 g/mol. The van der Waals surface area contributed by atoms with Crippen LogP contribution >= 0.6 is 11.8 Å². The molecule has 0 aliphatic carbocycles. The van der Waals surface area contributed by atoms with Gasteiger partial charge in [-0.15, -0.1) is 11.8 Å². The number of carbonyl (C=O) groups excluding carboxylic acids is 3. The van der Waals surface area contributed by atoms with E-state index in [9.17, 15) is 14.4 Å². The van der Waals surface area contributed by atoms with E-state index in [1.165, 1.54) is 22.1 Å². The molecule has 0 fully saturated rings. The number of hydrogen-bond acceptors (Lipinski definition) is 6. The molecule has 0 atom stereocenters. The van der Waals surface area contributed by atoms with Crippen molar-refractivity contribution in [3.8, 4) is 0 Å². The van der Waals surface area contributed by atoms with Gasteiger partial charge in [0.2, 0.25) is 0 Å². The second-order valence-corrected chi connectivity index (χ2v) is 8.00. The molecule has 29 heavy (non-hydrogen) atoms. The number of esters is 1. The lowest BCUT2D eigenvalue weighted by Gasteiger charge is -2.23. The molecule has 0 saturated heterocycles. The highest BCUT2D eigenvalue weighted by Gasteiger charge is 2.31. The summed E-state index contributed by atoms with van der Waals surface area (Å²) in [5.41, 5.74) is 0.364. The second kappa shape index (κ2) is 10.2. The Labute approximate surface area is 175 Å². The van der Waals surface area contributed by atoms with Crippen molar-refractivity contribution in [1.82, 2.24) is 10.2 Å². The van der Waals surface area contributed by atoms with Gasteiger partial charge < -0.3 is 14.4 Å². The Kier molecular flexibility index (Phi) is 7.90. The van der Waals surface area contributed by atoms with Crippen molar-refractivity contribution in [2.45, 2.75) is 39.4 Å². The van der Waals surface area contributed by atoms with Gasteiger partial charge >= 0.3 is 12.1 Å². The van der Waals surface area contributed by atoms with Crippen molar-refractivity contribution in [2.24, 2.45) is 0 Å². The Morgan fingerprint density at radius 1 is 1.21 bits per heavy atom. The molecule has 0 saturated carbocycles. The zero-order valence-corrected chi connectivity index (χ0v) is 17.9. The summed E-state index contributed by atoms with van der Waals surface area (Å²) in [6.07, 6.45) is 3.22. The maximum atomic E-state index is 13.0. The van der Waals surface area contributed by atoms with Crippen LogP contribution in [0.25, 0.3) is 0 Å². The number of amides is 2. The molecule has 1 aliphatic rings. The van der Waals surface area contributed by atoms with E-state index in [4.69, 9.17) is 9.47 Å². The first-order valence-corrected chi connectivity index (χ1v) is 10.5. The van der Waals surface area contributed by atoms with Gasteiger partial charge in [0, 0.05) is 6.54 Å². The van der Waals surface area contributed by atoms with Gasteiger partial charge in [0.05, 0.1) is 0 Å². The van der Waals surface area contributed by atoms with Crippen LogP contribution in [0.2, 0.25) is 0 Å². The van der Waals surface area contributed by atoms with E-state index in [1.807, 2.05) is 30.3 Å². The van der Waals surface area contributed by atoms with Crippen LogP contribution in [0.15, 0.2) is 53.2 Å². The van der Waals surface area contributed by atoms with Crippen LogP contribution in [0.1, 0.15) is 32.8 Å². The average Bonchev–Trinajstić information content (AvgIpc) is 3.14. The van der Waals surface area contributed by atoms with Crippen molar-refractivity contribution in [2.75, 3.05) is 12.8 Å². The predicted octanol–water partition coefficient (Wildman–Crippen LogP) is 3.58. The fourth-order valence-corrected chi connectivity index (χ4v) is 2.97. The Hall–Kier alpha value is -2.74. The van der Waals surface area contributed by atoms with Crippen LogP contribution in [-0.2, 0) is 25.7 Å². The molecule has 1 aromatic carbocycles. The first-order valence-electron chi connectivity index (χ1n) is 9.17. The summed E-state index contributed by atoms with van der Waals surface area (Å²) >= 11 is 1.26. The molecule has 2 amide bonds. The molecule has 0 radical (unpaired) electrons. The number of ether oxygens (including phenoxy) is 2. The molecule has 0 spiro atoms. The van der Waals surface area contributed by atoms with Gasteiger partial charge in [-0.1, -0.05) is 36.4 Å². The van der Waals surface area contributed by atoms with Gasteiger partial charge in [0.25, 0.3) is 5.91 Å². The summed E-state index contributed by atoms with van der Waals surface area (Å²) < 4.78 is 10.6. The first-order chi connectivity index (χ1) is 13.7. The van der Waals surface area contributed by atoms with Gasteiger partial charge in [-0.2, -0.15) is 0 Å². The summed E-state index contributed by atoms with van der Waals surface area (Å²) in [7, 11) is 0. The number of nitrogens with zero attached hydrogens (tertiary/aromatic N) is 1. The van der Waals surface area contributed by atoms with Crippen LogP contribution in [0.4, 0.5) is 4.79 Å². The zero-order chi connectivity index (χ0) is 21.4. The number of alkyl carbamates (subject to hydrolysis) is 1. The quantitative estimate of drug-likeness (QED) is 0.562. The van der Waals surface area contributed by atoms with E-state index < -0.39 is 23.6 Å². The highest BCUT2D eigenvalue weighted by atomic mass is 32.2. The third-order valence-electron chi connectivity index (χ3n) is 3.75. The number of thioether (sulfide) groups is 1. The lowest BCUT2D eigenvalue weighted by molar-refractivity contribution is -0.144.